The quantitative estimate of drug-likeness (QED) is 0.780. The number of amides is 1. The molecular weight excluding hydrogens is 202 g/mol. The van der Waals surface area contributed by atoms with Crippen LogP contribution in [0.3, 0.4) is 0 Å². The third-order valence-corrected chi connectivity index (χ3v) is 2.65. The number of hydrogen-bond donors (Lipinski definition) is 1. The molecule has 1 amide bonds. The average molecular weight is 211 g/mol. The number of nitrogens with zero attached hydrogens (tertiary/aromatic N) is 2. The summed E-state index contributed by atoms with van der Waals surface area (Å²) in [5, 5.41) is 10.4. The van der Waals surface area contributed by atoms with E-state index in [2.05, 4.69) is 15.5 Å². The molecule has 0 spiro atoms. The lowest BCUT2D eigenvalue weighted by Crippen LogP contribution is -2.03. The molecule has 0 radical (unpaired) electrons. The molecule has 1 aliphatic heterocycles. The number of benzene rings is 1. The topological polar surface area (TPSA) is 54.9 Å². The fourth-order valence-corrected chi connectivity index (χ4v) is 1.86. The van der Waals surface area contributed by atoms with E-state index in [-0.39, 0.29) is 5.91 Å². The van der Waals surface area contributed by atoms with E-state index in [4.69, 9.17) is 0 Å². The van der Waals surface area contributed by atoms with Crippen LogP contribution in [0.2, 0.25) is 0 Å². The molecule has 2 aromatic rings. The molecule has 3 rings (SSSR count). The van der Waals surface area contributed by atoms with Gasteiger partial charge in [0.2, 0.25) is 5.91 Å². The lowest BCUT2D eigenvalue weighted by Gasteiger charge is -2.03. The standard InChI is InChI=1S/C12H9N3O/c16-12-6-9-2-1-8(5-11(9)15-12)10-3-4-13-14-7-10/h1-5,7H,6H2,(H,15,16). The maximum absolute atomic E-state index is 11.2. The normalized spacial score (nSPS) is 13.4. The van der Waals surface area contributed by atoms with E-state index < -0.39 is 0 Å². The van der Waals surface area contributed by atoms with Crippen molar-refractivity contribution in [1.82, 2.24) is 10.2 Å². The number of carbonyl (C=O) groups is 1. The number of aromatic nitrogens is 2. The van der Waals surface area contributed by atoms with Gasteiger partial charge in [-0.05, 0) is 23.3 Å². The van der Waals surface area contributed by atoms with Crippen LogP contribution in [0.1, 0.15) is 5.56 Å². The lowest BCUT2D eigenvalue weighted by atomic mass is 10.0. The van der Waals surface area contributed by atoms with Gasteiger partial charge in [0.15, 0.2) is 0 Å². The highest BCUT2D eigenvalue weighted by Crippen LogP contribution is 2.28. The van der Waals surface area contributed by atoms with Crippen molar-refractivity contribution in [2.75, 3.05) is 5.32 Å². The second-order valence-electron chi connectivity index (χ2n) is 3.73. The number of carbonyl (C=O) groups excluding carboxylic acids is 1. The smallest absolute Gasteiger partial charge is 0.228 e. The Hall–Kier alpha value is -2.23. The Morgan fingerprint density at radius 1 is 1.12 bits per heavy atom. The molecule has 78 valence electrons. The Morgan fingerprint density at radius 2 is 2.06 bits per heavy atom. The first kappa shape index (κ1) is 9.03. The molecule has 1 aromatic carbocycles. The van der Waals surface area contributed by atoms with Gasteiger partial charge in [-0.2, -0.15) is 10.2 Å². The minimum Gasteiger partial charge on any atom is -0.326 e. The summed E-state index contributed by atoms with van der Waals surface area (Å²) < 4.78 is 0. The fourth-order valence-electron chi connectivity index (χ4n) is 1.86. The van der Waals surface area contributed by atoms with Gasteiger partial charge < -0.3 is 5.32 Å². The highest BCUT2D eigenvalue weighted by atomic mass is 16.1. The zero-order valence-electron chi connectivity index (χ0n) is 8.47. The summed E-state index contributed by atoms with van der Waals surface area (Å²) in [6, 6.07) is 7.84. The van der Waals surface area contributed by atoms with Gasteiger partial charge in [0, 0.05) is 11.3 Å². The molecule has 1 N–H and O–H groups in total. The van der Waals surface area contributed by atoms with Crippen molar-refractivity contribution in [1.29, 1.82) is 0 Å². The zero-order valence-corrected chi connectivity index (χ0v) is 8.47. The van der Waals surface area contributed by atoms with Gasteiger partial charge in [-0.25, -0.2) is 0 Å². The molecule has 1 aliphatic rings. The van der Waals surface area contributed by atoms with Crippen molar-refractivity contribution in [3.05, 3.63) is 42.2 Å². The van der Waals surface area contributed by atoms with Crippen LogP contribution in [-0.4, -0.2) is 16.1 Å². The maximum Gasteiger partial charge on any atom is 0.228 e. The predicted molar refractivity (Wildman–Crippen MR) is 59.8 cm³/mol. The van der Waals surface area contributed by atoms with Crippen LogP contribution in [0.25, 0.3) is 11.1 Å². The van der Waals surface area contributed by atoms with E-state index in [1.807, 2.05) is 24.3 Å². The average Bonchev–Trinajstić information content (AvgIpc) is 2.69. The van der Waals surface area contributed by atoms with E-state index in [9.17, 15) is 4.79 Å². The largest absolute Gasteiger partial charge is 0.326 e. The molecule has 4 nitrogen and oxygen atoms in total. The Balaban J connectivity index is 2.06. The predicted octanol–water partition coefficient (Wildman–Crippen LogP) is 1.64. The van der Waals surface area contributed by atoms with E-state index in [1.54, 1.807) is 12.4 Å². The van der Waals surface area contributed by atoms with Crippen LogP contribution >= 0.6 is 0 Å². The molecular formula is C12H9N3O. The molecule has 1 aromatic heterocycles. The van der Waals surface area contributed by atoms with Gasteiger partial charge >= 0.3 is 0 Å². The first-order chi connectivity index (χ1) is 7.83. The SMILES string of the molecule is O=C1Cc2ccc(-c3ccnnc3)cc2N1. The van der Waals surface area contributed by atoms with E-state index in [0.29, 0.717) is 6.42 Å². The summed E-state index contributed by atoms with van der Waals surface area (Å²) in [6.45, 7) is 0. The van der Waals surface area contributed by atoms with Crippen LogP contribution in [0.15, 0.2) is 36.7 Å². The summed E-state index contributed by atoms with van der Waals surface area (Å²) in [6.07, 6.45) is 3.84. The Kier molecular flexibility index (Phi) is 1.93. The first-order valence-electron chi connectivity index (χ1n) is 5.03. The number of nitrogens with one attached hydrogen (secondary N) is 1. The molecule has 0 unspecified atom stereocenters. The van der Waals surface area contributed by atoms with Crippen molar-refractivity contribution in [2.24, 2.45) is 0 Å². The summed E-state index contributed by atoms with van der Waals surface area (Å²) in [5.41, 5.74) is 3.99. The number of rotatable bonds is 1. The monoisotopic (exact) mass is 211 g/mol. The number of fused-ring (bicyclic) bond motifs is 1. The van der Waals surface area contributed by atoms with Crippen molar-refractivity contribution >= 4 is 11.6 Å². The Bertz CT molecular complexity index is 551. The molecule has 0 saturated carbocycles. The van der Waals surface area contributed by atoms with Crippen LogP contribution < -0.4 is 5.32 Å². The van der Waals surface area contributed by atoms with E-state index >= 15 is 0 Å². The summed E-state index contributed by atoms with van der Waals surface area (Å²) in [7, 11) is 0. The lowest BCUT2D eigenvalue weighted by molar-refractivity contribution is -0.115. The van der Waals surface area contributed by atoms with E-state index in [0.717, 1.165) is 22.4 Å². The van der Waals surface area contributed by atoms with Crippen molar-refractivity contribution < 1.29 is 4.79 Å². The molecule has 0 bridgehead atoms. The Morgan fingerprint density at radius 3 is 2.88 bits per heavy atom. The van der Waals surface area contributed by atoms with Crippen LogP contribution in [-0.2, 0) is 11.2 Å². The highest BCUT2D eigenvalue weighted by molar-refractivity contribution is 5.99. The van der Waals surface area contributed by atoms with Crippen molar-refractivity contribution in [3.63, 3.8) is 0 Å². The molecule has 4 heteroatoms. The molecule has 2 heterocycles. The summed E-state index contributed by atoms with van der Waals surface area (Å²) in [5.74, 6) is 0.0556. The second kappa shape index (κ2) is 3.41. The molecule has 0 fully saturated rings. The highest BCUT2D eigenvalue weighted by Gasteiger charge is 2.17. The maximum atomic E-state index is 11.2. The van der Waals surface area contributed by atoms with Gasteiger partial charge in [0.25, 0.3) is 0 Å². The van der Waals surface area contributed by atoms with Crippen LogP contribution in [0.5, 0.6) is 0 Å². The second-order valence-corrected chi connectivity index (χ2v) is 3.73. The number of anilines is 1. The third-order valence-electron chi connectivity index (χ3n) is 2.65. The Labute approximate surface area is 92.3 Å². The molecule has 16 heavy (non-hydrogen) atoms. The number of hydrogen-bond acceptors (Lipinski definition) is 3. The third kappa shape index (κ3) is 1.44. The summed E-state index contributed by atoms with van der Waals surface area (Å²) in [4.78, 5) is 11.2. The van der Waals surface area contributed by atoms with Crippen molar-refractivity contribution in [2.45, 2.75) is 6.42 Å². The van der Waals surface area contributed by atoms with Gasteiger partial charge in [-0.3, -0.25) is 4.79 Å². The van der Waals surface area contributed by atoms with E-state index in [1.165, 1.54) is 0 Å². The van der Waals surface area contributed by atoms with Crippen molar-refractivity contribution in [3.8, 4) is 11.1 Å². The molecule has 0 saturated heterocycles. The minimum atomic E-state index is 0.0556. The first-order valence-corrected chi connectivity index (χ1v) is 5.03. The van der Waals surface area contributed by atoms with Gasteiger partial charge in [0.1, 0.15) is 0 Å². The molecule has 0 atom stereocenters. The minimum absolute atomic E-state index is 0.0556. The van der Waals surface area contributed by atoms with Gasteiger partial charge in [-0.15, -0.1) is 0 Å². The zero-order chi connectivity index (χ0) is 11.0. The van der Waals surface area contributed by atoms with Gasteiger partial charge in [-0.1, -0.05) is 12.1 Å². The van der Waals surface area contributed by atoms with Crippen LogP contribution in [0, 0.1) is 0 Å². The fraction of sp³-hybridized carbons (Fsp3) is 0.0833. The van der Waals surface area contributed by atoms with Gasteiger partial charge in [0.05, 0.1) is 18.8 Å². The summed E-state index contributed by atoms with van der Waals surface area (Å²) >= 11 is 0. The molecule has 0 aliphatic carbocycles. The van der Waals surface area contributed by atoms with Crippen LogP contribution in [0.4, 0.5) is 5.69 Å².